The Morgan fingerprint density at radius 1 is 1.26 bits per heavy atom. The highest BCUT2D eigenvalue weighted by Gasteiger charge is 2.39. The number of pyridine rings is 1. The van der Waals surface area contributed by atoms with E-state index in [9.17, 15) is 24.0 Å². The van der Waals surface area contributed by atoms with Crippen LogP contribution >= 0.6 is 0 Å². The fraction of sp³-hybridized carbons (Fsp3) is 0.357. The van der Waals surface area contributed by atoms with E-state index >= 15 is 0 Å². The van der Waals surface area contributed by atoms with Crippen LogP contribution in [0.4, 0.5) is 15.0 Å². The highest BCUT2D eigenvalue weighted by molar-refractivity contribution is 6.08. The van der Waals surface area contributed by atoms with Crippen molar-refractivity contribution in [2.45, 2.75) is 45.8 Å². The molecule has 2 aromatic heterocycles. The van der Waals surface area contributed by atoms with Gasteiger partial charge in [0.25, 0.3) is 5.91 Å². The summed E-state index contributed by atoms with van der Waals surface area (Å²) < 4.78 is 21.9. The normalized spacial score (nSPS) is 17.1. The standard InChI is InChI=1S/C28H27FN6O4/c1-28(2,3)39-27(38)34-15-21-25(26(34)37)22(12-20(31-21)24-18(13-30)7-4-8-19(24)29)35-11-9-23(32-35)33-10-5-6-17(14-33)16-36/h4,7-9,11-12,16-17H,5-6,10,14-15H2,1-3H3. The summed E-state index contributed by atoms with van der Waals surface area (Å²) in [6, 6.07) is 9.41. The van der Waals surface area contributed by atoms with Crippen molar-refractivity contribution in [3.8, 4) is 23.0 Å². The summed E-state index contributed by atoms with van der Waals surface area (Å²) in [5.41, 5.74) is 0.0370. The number of fused-ring (bicyclic) bond motifs is 1. The van der Waals surface area contributed by atoms with Crippen LogP contribution in [0.15, 0.2) is 36.5 Å². The van der Waals surface area contributed by atoms with Crippen molar-refractivity contribution in [1.29, 1.82) is 5.26 Å². The maximum Gasteiger partial charge on any atom is 0.417 e. The largest absolute Gasteiger partial charge is 0.443 e. The molecule has 200 valence electrons. The van der Waals surface area contributed by atoms with E-state index in [2.05, 4.69) is 10.1 Å². The van der Waals surface area contributed by atoms with E-state index in [-0.39, 0.29) is 46.2 Å². The minimum atomic E-state index is -0.826. The molecule has 1 aromatic carbocycles. The lowest BCUT2D eigenvalue weighted by Crippen LogP contribution is -2.37. The molecule has 0 spiro atoms. The molecular formula is C28H27FN6O4. The number of amides is 2. The molecule has 1 saturated heterocycles. The van der Waals surface area contributed by atoms with E-state index in [1.54, 1.807) is 33.0 Å². The molecule has 0 N–H and O–H groups in total. The van der Waals surface area contributed by atoms with Gasteiger partial charge in [0.15, 0.2) is 5.82 Å². The SMILES string of the molecule is CC(C)(C)OC(=O)N1Cc2nc(-c3c(F)cccc3C#N)cc(-n3ccc(N4CCCC(C=O)C4)n3)c2C1=O. The zero-order chi connectivity index (χ0) is 27.9. The average Bonchev–Trinajstić information content (AvgIpc) is 3.52. The van der Waals surface area contributed by atoms with Crippen molar-refractivity contribution in [2.75, 3.05) is 18.0 Å². The first-order valence-corrected chi connectivity index (χ1v) is 12.6. The second kappa shape index (κ2) is 9.94. The molecule has 39 heavy (non-hydrogen) atoms. The highest BCUT2D eigenvalue weighted by Crippen LogP contribution is 2.34. The molecule has 3 aromatic rings. The smallest absolute Gasteiger partial charge is 0.417 e. The minimum Gasteiger partial charge on any atom is -0.443 e. The maximum atomic E-state index is 15.0. The summed E-state index contributed by atoms with van der Waals surface area (Å²) in [4.78, 5) is 45.2. The number of aromatic nitrogens is 3. The zero-order valence-electron chi connectivity index (χ0n) is 21.8. The quantitative estimate of drug-likeness (QED) is 0.459. The Hall–Kier alpha value is -4.59. The van der Waals surface area contributed by atoms with Crippen molar-refractivity contribution < 1.29 is 23.5 Å². The van der Waals surface area contributed by atoms with Gasteiger partial charge in [0.05, 0.1) is 46.4 Å². The fourth-order valence-electron chi connectivity index (χ4n) is 4.88. The van der Waals surface area contributed by atoms with E-state index in [4.69, 9.17) is 4.74 Å². The molecule has 0 bridgehead atoms. The number of carbonyl (C=O) groups is 3. The number of hydrogen-bond donors (Lipinski definition) is 0. The lowest BCUT2D eigenvalue weighted by molar-refractivity contribution is -0.111. The molecule has 1 atom stereocenters. The molecule has 0 aliphatic carbocycles. The number of aldehydes is 1. The fourth-order valence-corrected chi connectivity index (χ4v) is 4.88. The summed E-state index contributed by atoms with van der Waals surface area (Å²) >= 11 is 0. The molecule has 0 saturated carbocycles. The Bertz CT molecular complexity index is 1520. The van der Waals surface area contributed by atoms with Crippen molar-refractivity contribution in [3.63, 3.8) is 0 Å². The molecule has 11 heteroatoms. The number of nitrogens with zero attached hydrogens (tertiary/aromatic N) is 6. The number of hydrogen-bond acceptors (Lipinski definition) is 8. The molecule has 0 radical (unpaired) electrons. The number of carbonyl (C=O) groups excluding carboxylic acids is 3. The molecule has 2 aliphatic rings. The highest BCUT2D eigenvalue weighted by atomic mass is 19.1. The predicted octanol–water partition coefficient (Wildman–Crippen LogP) is 4.25. The van der Waals surface area contributed by atoms with Gasteiger partial charge in [-0.15, -0.1) is 0 Å². The van der Waals surface area contributed by atoms with Crippen LogP contribution < -0.4 is 4.90 Å². The van der Waals surface area contributed by atoms with Crippen LogP contribution in [0.5, 0.6) is 0 Å². The van der Waals surface area contributed by atoms with E-state index in [0.717, 1.165) is 30.6 Å². The minimum absolute atomic E-state index is 0.00977. The lowest BCUT2D eigenvalue weighted by Gasteiger charge is -2.30. The Balaban J connectivity index is 1.62. The first-order valence-electron chi connectivity index (χ1n) is 12.6. The number of ether oxygens (including phenoxy) is 1. The van der Waals surface area contributed by atoms with Crippen molar-refractivity contribution in [3.05, 3.63) is 59.2 Å². The summed E-state index contributed by atoms with van der Waals surface area (Å²) in [6.45, 7) is 6.18. The third-order valence-corrected chi connectivity index (χ3v) is 6.64. The van der Waals surface area contributed by atoms with E-state index in [1.807, 2.05) is 11.0 Å². The van der Waals surface area contributed by atoms with Crippen LogP contribution in [0.3, 0.4) is 0 Å². The zero-order valence-corrected chi connectivity index (χ0v) is 21.8. The predicted molar refractivity (Wildman–Crippen MR) is 139 cm³/mol. The van der Waals surface area contributed by atoms with Crippen molar-refractivity contribution in [2.24, 2.45) is 5.92 Å². The van der Waals surface area contributed by atoms with Gasteiger partial charge in [-0.05, 0) is 51.8 Å². The van der Waals surface area contributed by atoms with Gasteiger partial charge in [0.1, 0.15) is 17.7 Å². The van der Waals surface area contributed by atoms with Gasteiger partial charge >= 0.3 is 6.09 Å². The number of rotatable bonds is 4. The topological polar surface area (TPSA) is 121 Å². The van der Waals surface area contributed by atoms with Crippen LogP contribution in [0.25, 0.3) is 16.9 Å². The van der Waals surface area contributed by atoms with Gasteiger partial charge in [-0.1, -0.05) is 6.07 Å². The molecular weight excluding hydrogens is 503 g/mol. The number of nitriles is 1. The third kappa shape index (κ3) is 4.97. The summed E-state index contributed by atoms with van der Waals surface area (Å²) in [5, 5.41) is 14.3. The van der Waals surface area contributed by atoms with E-state index in [0.29, 0.717) is 12.4 Å². The second-order valence-electron chi connectivity index (χ2n) is 10.6. The molecule has 10 nitrogen and oxygen atoms in total. The average molecular weight is 531 g/mol. The summed E-state index contributed by atoms with van der Waals surface area (Å²) in [5.74, 6) is -0.727. The third-order valence-electron chi connectivity index (χ3n) is 6.64. The summed E-state index contributed by atoms with van der Waals surface area (Å²) in [7, 11) is 0. The van der Waals surface area contributed by atoms with Crippen LogP contribution in [0, 0.1) is 23.1 Å². The number of benzene rings is 1. The molecule has 1 fully saturated rings. The summed E-state index contributed by atoms with van der Waals surface area (Å²) in [6.07, 6.45) is 3.46. The first-order chi connectivity index (χ1) is 18.6. The second-order valence-corrected chi connectivity index (χ2v) is 10.6. The van der Waals surface area contributed by atoms with Gasteiger partial charge in [-0.2, -0.15) is 10.4 Å². The Kier molecular flexibility index (Phi) is 6.64. The molecule has 1 unspecified atom stereocenters. The van der Waals surface area contributed by atoms with Gasteiger partial charge in [0.2, 0.25) is 0 Å². The van der Waals surface area contributed by atoms with Gasteiger partial charge in [-0.3, -0.25) is 4.79 Å². The van der Waals surface area contributed by atoms with Gasteiger partial charge in [0, 0.05) is 31.3 Å². The number of halogens is 1. The number of anilines is 1. The molecule has 2 amide bonds. The molecule has 2 aliphatic heterocycles. The Labute approximate surface area is 224 Å². The Morgan fingerprint density at radius 3 is 2.77 bits per heavy atom. The lowest BCUT2D eigenvalue weighted by atomic mass is 10.00. The van der Waals surface area contributed by atoms with Crippen LogP contribution in [-0.4, -0.2) is 56.6 Å². The van der Waals surface area contributed by atoms with E-state index < -0.39 is 23.4 Å². The van der Waals surface area contributed by atoms with Crippen LogP contribution in [0.1, 0.15) is 55.2 Å². The molecule has 5 rings (SSSR count). The van der Waals surface area contributed by atoms with Crippen LogP contribution in [0.2, 0.25) is 0 Å². The number of piperidine rings is 1. The molecule has 4 heterocycles. The van der Waals surface area contributed by atoms with E-state index in [1.165, 1.54) is 28.9 Å². The van der Waals surface area contributed by atoms with Gasteiger partial charge in [-0.25, -0.2) is 23.8 Å². The number of imide groups is 1. The van der Waals surface area contributed by atoms with Crippen LogP contribution in [-0.2, 0) is 16.1 Å². The van der Waals surface area contributed by atoms with Crippen molar-refractivity contribution in [1.82, 2.24) is 19.7 Å². The Morgan fingerprint density at radius 2 is 2.05 bits per heavy atom. The first kappa shape index (κ1) is 26.0. The monoisotopic (exact) mass is 530 g/mol. The maximum absolute atomic E-state index is 15.0. The van der Waals surface area contributed by atoms with Gasteiger partial charge < -0.3 is 14.4 Å². The van der Waals surface area contributed by atoms with Crippen molar-refractivity contribution >= 4 is 24.1 Å².